The highest BCUT2D eigenvalue weighted by atomic mass is 16.1. The van der Waals surface area contributed by atoms with Gasteiger partial charge in [-0.3, -0.25) is 4.79 Å². The fourth-order valence-electron chi connectivity index (χ4n) is 1.25. The number of carbonyl (C=O) groups excluding carboxylic acids is 1. The van der Waals surface area contributed by atoms with Gasteiger partial charge in [-0.2, -0.15) is 0 Å². The highest BCUT2D eigenvalue weighted by Crippen LogP contribution is 2.15. The van der Waals surface area contributed by atoms with Gasteiger partial charge in [0.25, 0.3) is 0 Å². The number of nitrogen functional groups attached to an aromatic ring is 1. The van der Waals surface area contributed by atoms with E-state index in [4.69, 9.17) is 5.73 Å². The first-order valence-corrected chi connectivity index (χ1v) is 4.82. The Morgan fingerprint density at radius 3 is 2.43 bits per heavy atom. The van der Waals surface area contributed by atoms with Gasteiger partial charge in [0.2, 0.25) is 5.78 Å². The lowest BCUT2D eigenvalue weighted by Gasteiger charge is -2.11. The van der Waals surface area contributed by atoms with E-state index in [0.717, 1.165) is 0 Å². The van der Waals surface area contributed by atoms with Crippen LogP contribution in [0.5, 0.6) is 0 Å². The van der Waals surface area contributed by atoms with Crippen LogP contribution < -0.4 is 5.73 Å². The molecule has 4 heteroatoms. The lowest BCUT2D eigenvalue weighted by molar-refractivity contribution is 0.0923. The summed E-state index contributed by atoms with van der Waals surface area (Å²) in [6.07, 6.45) is 1.71. The molecule has 0 amide bonds. The second-order valence-corrected chi connectivity index (χ2v) is 4.01. The summed E-state index contributed by atoms with van der Waals surface area (Å²) >= 11 is 0. The van der Waals surface area contributed by atoms with Gasteiger partial charge in [-0.15, -0.1) is 0 Å². The largest absolute Gasteiger partial charge is 0.382 e. The Bertz CT molecular complexity index is 339. The molecule has 0 saturated carbocycles. The molecule has 0 aliphatic heterocycles. The maximum absolute atomic E-state index is 11.7. The second-order valence-electron chi connectivity index (χ2n) is 4.01. The number of hydrogen-bond donors (Lipinski definition) is 1. The molecule has 1 aromatic rings. The summed E-state index contributed by atoms with van der Waals surface area (Å²) in [5.41, 5.74) is 5.57. The Balaban J connectivity index is 3.13. The van der Waals surface area contributed by atoms with Crippen LogP contribution in [0.1, 0.15) is 44.4 Å². The van der Waals surface area contributed by atoms with E-state index in [2.05, 4.69) is 4.98 Å². The van der Waals surface area contributed by atoms with Crippen LogP contribution in [0.25, 0.3) is 0 Å². The molecular weight excluding hydrogens is 178 g/mol. The third kappa shape index (κ3) is 1.95. The minimum atomic E-state index is -0.0469. The van der Waals surface area contributed by atoms with Gasteiger partial charge in [-0.1, -0.05) is 13.8 Å². The summed E-state index contributed by atoms with van der Waals surface area (Å²) in [6, 6.07) is 0.206. The summed E-state index contributed by atoms with van der Waals surface area (Å²) in [6.45, 7) is 7.71. The molecule has 0 fully saturated rings. The zero-order valence-electron chi connectivity index (χ0n) is 9.11. The summed E-state index contributed by atoms with van der Waals surface area (Å²) < 4.78 is 1.82. The normalized spacial score (nSPS) is 11.3. The maximum atomic E-state index is 11.7. The van der Waals surface area contributed by atoms with Crippen molar-refractivity contribution >= 4 is 11.6 Å². The van der Waals surface area contributed by atoms with E-state index >= 15 is 0 Å². The van der Waals surface area contributed by atoms with E-state index in [-0.39, 0.29) is 17.7 Å². The maximum Gasteiger partial charge on any atom is 0.200 e. The number of Topliss-reactive ketones (excluding diaryl/α,β-unsaturated/α-hetero) is 1. The Morgan fingerprint density at radius 2 is 2.00 bits per heavy atom. The van der Waals surface area contributed by atoms with Gasteiger partial charge in [0, 0.05) is 18.2 Å². The number of imidazole rings is 1. The fraction of sp³-hybridized carbons (Fsp3) is 0.600. The lowest BCUT2D eigenvalue weighted by Crippen LogP contribution is -2.16. The molecule has 0 aliphatic rings. The third-order valence-corrected chi connectivity index (χ3v) is 2.05. The van der Waals surface area contributed by atoms with Gasteiger partial charge in [0.05, 0.1) is 0 Å². The van der Waals surface area contributed by atoms with Crippen LogP contribution in [-0.4, -0.2) is 15.3 Å². The van der Waals surface area contributed by atoms with Gasteiger partial charge >= 0.3 is 0 Å². The molecule has 1 heterocycles. The fourth-order valence-corrected chi connectivity index (χ4v) is 1.25. The number of hydrogen-bond acceptors (Lipinski definition) is 3. The molecule has 0 aromatic carbocycles. The van der Waals surface area contributed by atoms with Crippen LogP contribution in [-0.2, 0) is 0 Å². The van der Waals surface area contributed by atoms with E-state index in [1.165, 1.54) is 0 Å². The first-order chi connectivity index (χ1) is 6.43. The zero-order chi connectivity index (χ0) is 10.9. The van der Waals surface area contributed by atoms with E-state index in [1.54, 1.807) is 6.20 Å². The number of nitrogens with two attached hydrogens (primary N) is 1. The number of ketones is 1. The zero-order valence-corrected chi connectivity index (χ0v) is 9.11. The molecule has 0 aliphatic carbocycles. The van der Waals surface area contributed by atoms with E-state index < -0.39 is 0 Å². The molecule has 1 aromatic heterocycles. The quantitative estimate of drug-likeness (QED) is 0.749. The monoisotopic (exact) mass is 195 g/mol. The molecule has 14 heavy (non-hydrogen) atoms. The van der Waals surface area contributed by atoms with Gasteiger partial charge in [0.1, 0.15) is 5.82 Å². The predicted molar refractivity (Wildman–Crippen MR) is 56.2 cm³/mol. The molecule has 1 rings (SSSR count). The minimum Gasteiger partial charge on any atom is -0.382 e. The Kier molecular flexibility index (Phi) is 2.93. The highest BCUT2D eigenvalue weighted by Gasteiger charge is 2.19. The van der Waals surface area contributed by atoms with Crippen LogP contribution in [0.3, 0.4) is 0 Å². The molecule has 0 atom stereocenters. The van der Waals surface area contributed by atoms with Crippen LogP contribution in [0.4, 0.5) is 5.82 Å². The molecular formula is C10H17N3O. The molecule has 78 valence electrons. The van der Waals surface area contributed by atoms with Crippen molar-refractivity contribution in [1.29, 1.82) is 0 Å². The molecule has 0 unspecified atom stereocenters. The number of carbonyl (C=O) groups is 1. The van der Waals surface area contributed by atoms with Crippen molar-refractivity contribution in [3.8, 4) is 0 Å². The Labute approximate surface area is 84.1 Å². The smallest absolute Gasteiger partial charge is 0.200 e. The average molecular weight is 195 g/mol. The van der Waals surface area contributed by atoms with Gasteiger partial charge in [-0.05, 0) is 13.8 Å². The van der Waals surface area contributed by atoms with E-state index in [1.807, 2.05) is 32.3 Å². The molecule has 0 saturated heterocycles. The Morgan fingerprint density at radius 1 is 1.43 bits per heavy atom. The van der Waals surface area contributed by atoms with E-state index in [0.29, 0.717) is 11.6 Å². The number of rotatable bonds is 3. The standard InChI is InChI=1S/C10H17N3O/c1-6(2)9(14)10-12-8(11)5-13(10)7(3)4/h5-7H,11H2,1-4H3. The van der Waals surface area contributed by atoms with Crippen molar-refractivity contribution in [3.05, 3.63) is 12.0 Å². The lowest BCUT2D eigenvalue weighted by atomic mass is 10.1. The first kappa shape index (κ1) is 10.8. The summed E-state index contributed by atoms with van der Waals surface area (Å²) in [5, 5.41) is 0. The van der Waals surface area contributed by atoms with Crippen molar-refractivity contribution in [3.63, 3.8) is 0 Å². The SMILES string of the molecule is CC(C)C(=O)c1nc(N)cn1C(C)C. The number of aromatic nitrogens is 2. The Hall–Kier alpha value is -1.32. The topological polar surface area (TPSA) is 60.9 Å². The summed E-state index contributed by atoms with van der Waals surface area (Å²) in [4.78, 5) is 15.8. The predicted octanol–water partition coefficient (Wildman–Crippen LogP) is 1.88. The minimum absolute atomic E-state index is 0.0374. The number of anilines is 1. The van der Waals surface area contributed by atoms with Crippen molar-refractivity contribution in [1.82, 2.24) is 9.55 Å². The summed E-state index contributed by atoms with van der Waals surface area (Å²) in [5.74, 6) is 0.861. The number of nitrogens with zero attached hydrogens (tertiary/aromatic N) is 2. The molecule has 0 bridgehead atoms. The van der Waals surface area contributed by atoms with E-state index in [9.17, 15) is 4.79 Å². The van der Waals surface area contributed by atoms with Crippen LogP contribution in [0.2, 0.25) is 0 Å². The van der Waals surface area contributed by atoms with Crippen molar-refractivity contribution < 1.29 is 4.79 Å². The van der Waals surface area contributed by atoms with Crippen molar-refractivity contribution in [2.75, 3.05) is 5.73 Å². The van der Waals surface area contributed by atoms with Crippen molar-refractivity contribution in [2.45, 2.75) is 33.7 Å². The summed E-state index contributed by atoms with van der Waals surface area (Å²) in [7, 11) is 0. The first-order valence-electron chi connectivity index (χ1n) is 4.82. The van der Waals surface area contributed by atoms with Crippen LogP contribution in [0, 0.1) is 5.92 Å². The van der Waals surface area contributed by atoms with Crippen molar-refractivity contribution in [2.24, 2.45) is 5.92 Å². The molecule has 2 N–H and O–H groups in total. The molecule has 0 spiro atoms. The van der Waals surface area contributed by atoms with Gasteiger partial charge < -0.3 is 10.3 Å². The highest BCUT2D eigenvalue weighted by molar-refractivity contribution is 5.94. The third-order valence-electron chi connectivity index (χ3n) is 2.05. The van der Waals surface area contributed by atoms with Crippen LogP contribution >= 0.6 is 0 Å². The average Bonchev–Trinajstić information content (AvgIpc) is 2.45. The molecule has 0 radical (unpaired) electrons. The van der Waals surface area contributed by atoms with Gasteiger partial charge in [0.15, 0.2) is 5.82 Å². The van der Waals surface area contributed by atoms with Crippen LogP contribution in [0.15, 0.2) is 6.20 Å². The molecule has 4 nitrogen and oxygen atoms in total. The second kappa shape index (κ2) is 3.82. The van der Waals surface area contributed by atoms with Gasteiger partial charge in [-0.25, -0.2) is 4.98 Å².